The largest absolute Gasteiger partial charge is 0.357 e. The van der Waals surface area contributed by atoms with E-state index in [1.54, 1.807) is 12.1 Å². The van der Waals surface area contributed by atoms with Crippen LogP contribution in [0.4, 0.5) is 5.69 Å². The van der Waals surface area contributed by atoms with Crippen LogP contribution in [0.2, 0.25) is 0 Å². The van der Waals surface area contributed by atoms with Crippen LogP contribution in [0.5, 0.6) is 0 Å². The van der Waals surface area contributed by atoms with Gasteiger partial charge in [0.1, 0.15) is 0 Å². The fourth-order valence-corrected chi connectivity index (χ4v) is 0.573. The third kappa shape index (κ3) is 1.78. The van der Waals surface area contributed by atoms with Crippen LogP contribution in [-0.2, 0) is 4.79 Å². The van der Waals surface area contributed by atoms with Crippen LogP contribution < -0.4 is 0 Å². The lowest BCUT2D eigenvalue weighted by atomic mass is 10.3. The molecule has 10 heavy (non-hydrogen) atoms. The molecule has 0 saturated heterocycles. The van der Waals surface area contributed by atoms with Crippen LogP contribution in [0.3, 0.4) is 0 Å². The van der Waals surface area contributed by atoms with Crippen molar-refractivity contribution in [3.63, 3.8) is 0 Å². The van der Waals surface area contributed by atoms with E-state index in [2.05, 4.69) is 10.2 Å². The number of hydrogen-bond donors (Lipinski definition) is 0. The van der Waals surface area contributed by atoms with E-state index in [1.807, 2.05) is 18.2 Å². The summed E-state index contributed by atoms with van der Waals surface area (Å²) in [6.45, 7) is 0. The molecule has 3 heteroatoms. The van der Waals surface area contributed by atoms with Crippen molar-refractivity contribution < 1.29 is 4.79 Å². The van der Waals surface area contributed by atoms with Gasteiger partial charge in [0.05, 0.1) is 5.69 Å². The first-order valence-corrected chi connectivity index (χ1v) is 2.76. The van der Waals surface area contributed by atoms with Crippen molar-refractivity contribution in [2.45, 2.75) is 0 Å². The van der Waals surface area contributed by atoms with Gasteiger partial charge < -0.3 is 0 Å². The van der Waals surface area contributed by atoms with Gasteiger partial charge in [-0.3, -0.25) is 4.79 Å². The van der Waals surface area contributed by atoms with E-state index in [0.717, 1.165) is 0 Å². The molecule has 0 N–H and O–H groups in total. The molecule has 0 fully saturated rings. The predicted molar refractivity (Wildman–Crippen MR) is 36.7 cm³/mol. The maximum Gasteiger partial charge on any atom is 0.357 e. The second kappa shape index (κ2) is 3.50. The van der Waals surface area contributed by atoms with E-state index in [0.29, 0.717) is 5.69 Å². The van der Waals surface area contributed by atoms with Gasteiger partial charge in [-0.1, -0.05) is 18.2 Å². The molecule has 1 amide bonds. The first kappa shape index (κ1) is 6.61. The average molecular weight is 133 g/mol. The zero-order chi connectivity index (χ0) is 7.23. The summed E-state index contributed by atoms with van der Waals surface area (Å²) in [5.41, 5.74) is 0.658. The van der Waals surface area contributed by atoms with Crippen molar-refractivity contribution in [1.82, 2.24) is 0 Å². The van der Waals surface area contributed by atoms with E-state index < -0.39 is 0 Å². The highest BCUT2D eigenvalue weighted by molar-refractivity contribution is 5.48. The molecule has 1 aromatic rings. The molecule has 1 rings (SSSR count). The maximum atomic E-state index is 9.59. The highest BCUT2D eigenvalue weighted by Gasteiger charge is 1.81. The second-order valence-corrected chi connectivity index (χ2v) is 1.63. The first-order chi connectivity index (χ1) is 4.93. The Balaban J connectivity index is 2.76. The Morgan fingerprint density at radius 3 is 2.50 bits per heavy atom. The number of azo groups is 1. The molecular weight excluding hydrogens is 128 g/mol. The van der Waals surface area contributed by atoms with Crippen LogP contribution in [0, 0.1) is 0 Å². The summed E-state index contributed by atoms with van der Waals surface area (Å²) >= 11 is 0. The van der Waals surface area contributed by atoms with E-state index in [1.165, 1.54) is 6.41 Å². The summed E-state index contributed by atoms with van der Waals surface area (Å²) in [4.78, 5) is 9.59. The Morgan fingerprint density at radius 1 is 1.20 bits per heavy atom. The number of benzene rings is 1. The van der Waals surface area contributed by atoms with Gasteiger partial charge in [-0.2, -0.15) is 0 Å². The number of hydrogen-bond acceptors (Lipinski definition) is 2. The van der Waals surface area contributed by atoms with Crippen molar-refractivity contribution in [3.05, 3.63) is 30.3 Å². The Kier molecular flexibility index (Phi) is 2.31. The molecular formula is C7H5N2O. The number of nitrogens with zero attached hydrogens (tertiary/aromatic N) is 2. The fraction of sp³-hybridized carbons (Fsp3) is 0. The summed E-state index contributed by atoms with van der Waals surface area (Å²) < 4.78 is 0. The Labute approximate surface area is 58.4 Å². The molecule has 49 valence electrons. The molecule has 0 atom stereocenters. The van der Waals surface area contributed by atoms with Crippen molar-refractivity contribution >= 4 is 12.1 Å². The molecule has 3 nitrogen and oxygen atoms in total. The standard InChI is InChI=1S/C7H5N2O/c10-6-8-9-7-4-2-1-3-5-7/h1-5H/b9-8+. The Bertz CT molecular complexity index is 231. The minimum Gasteiger partial charge on any atom is -0.259 e. The summed E-state index contributed by atoms with van der Waals surface area (Å²) in [7, 11) is 0. The van der Waals surface area contributed by atoms with Crippen molar-refractivity contribution in [3.8, 4) is 0 Å². The molecule has 1 radical (unpaired) electrons. The average Bonchev–Trinajstić information content (AvgIpc) is 2.03. The Hall–Kier alpha value is -1.51. The highest BCUT2D eigenvalue weighted by Crippen LogP contribution is 2.08. The van der Waals surface area contributed by atoms with Gasteiger partial charge in [-0.25, -0.2) is 0 Å². The van der Waals surface area contributed by atoms with Crippen LogP contribution in [0.1, 0.15) is 0 Å². The van der Waals surface area contributed by atoms with Gasteiger partial charge in [0.25, 0.3) is 0 Å². The number of carbonyl (C=O) groups excluding carboxylic acids is 1. The minimum atomic E-state index is 0.658. The second-order valence-electron chi connectivity index (χ2n) is 1.63. The predicted octanol–water partition coefficient (Wildman–Crippen LogP) is 1.84. The fourth-order valence-electron chi connectivity index (χ4n) is 0.573. The molecule has 0 spiro atoms. The van der Waals surface area contributed by atoms with E-state index >= 15 is 0 Å². The lowest BCUT2D eigenvalue weighted by molar-refractivity contribution is 0.555. The third-order valence-corrected chi connectivity index (χ3v) is 0.962. The van der Waals surface area contributed by atoms with Gasteiger partial charge in [0.2, 0.25) is 0 Å². The number of rotatable bonds is 2. The normalized spacial score (nSPS) is 10.0. The lowest BCUT2D eigenvalue weighted by Crippen LogP contribution is -1.61. The summed E-state index contributed by atoms with van der Waals surface area (Å²) in [5.74, 6) is 0. The summed E-state index contributed by atoms with van der Waals surface area (Å²) in [5, 5.41) is 6.59. The van der Waals surface area contributed by atoms with E-state index in [-0.39, 0.29) is 0 Å². The molecule has 0 heterocycles. The molecule has 1 aromatic carbocycles. The van der Waals surface area contributed by atoms with Crippen molar-refractivity contribution in [1.29, 1.82) is 0 Å². The third-order valence-electron chi connectivity index (χ3n) is 0.962. The smallest absolute Gasteiger partial charge is 0.259 e. The van der Waals surface area contributed by atoms with Gasteiger partial charge in [-0.15, -0.1) is 10.2 Å². The highest BCUT2D eigenvalue weighted by atomic mass is 16.1. The van der Waals surface area contributed by atoms with Gasteiger partial charge >= 0.3 is 6.41 Å². The molecule has 0 aliphatic carbocycles. The summed E-state index contributed by atoms with van der Waals surface area (Å²) in [6, 6.07) is 9.00. The molecule has 0 saturated carbocycles. The van der Waals surface area contributed by atoms with Gasteiger partial charge in [0, 0.05) is 0 Å². The summed E-state index contributed by atoms with van der Waals surface area (Å²) in [6.07, 6.45) is 1.32. The number of amides is 1. The molecule has 0 aromatic heterocycles. The van der Waals surface area contributed by atoms with Crippen LogP contribution >= 0.6 is 0 Å². The quantitative estimate of drug-likeness (QED) is 0.567. The first-order valence-electron chi connectivity index (χ1n) is 2.76. The van der Waals surface area contributed by atoms with Gasteiger partial charge in [-0.05, 0) is 12.1 Å². The van der Waals surface area contributed by atoms with Crippen LogP contribution in [0.15, 0.2) is 40.6 Å². The molecule has 0 aliphatic rings. The van der Waals surface area contributed by atoms with Crippen LogP contribution in [0.25, 0.3) is 0 Å². The molecule has 0 unspecified atom stereocenters. The lowest BCUT2D eigenvalue weighted by Gasteiger charge is -1.84. The molecule has 0 bridgehead atoms. The topological polar surface area (TPSA) is 41.8 Å². The van der Waals surface area contributed by atoms with Crippen molar-refractivity contribution in [2.75, 3.05) is 0 Å². The maximum absolute atomic E-state index is 9.59. The van der Waals surface area contributed by atoms with E-state index in [4.69, 9.17) is 0 Å². The Morgan fingerprint density at radius 2 is 1.90 bits per heavy atom. The van der Waals surface area contributed by atoms with Crippen molar-refractivity contribution in [2.24, 2.45) is 10.2 Å². The SMILES string of the molecule is O=[C]/N=N/c1ccccc1. The zero-order valence-electron chi connectivity index (χ0n) is 5.19. The molecule has 0 aliphatic heterocycles. The zero-order valence-corrected chi connectivity index (χ0v) is 5.19. The van der Waals surface area contributed by atoms with Crippen LogP contribution in [-0.4, -0.2) is 6.41 Å². The monoisotopic (exact) mass is 133 g/mol. The minimum absolute atomic E-state index is 0.658. The van der Waals surface area contributed by atoms with E-state index in [9.17, 15) is 4.79 Å². The van der Waals surface area contributed by atoms with Gasteiger partial charge in [0.15, 0.2) is 0 Å².